The van der Waals surface area contributed by atoms with Gasteiger partial charge in [0.2, 0.25) is 5.91 Å². The van der Waals surface area contributed by atoms with E-state index in [1.807, 2.05) is 6.92 Å². The van der Waals surface area contributed by atoms with Crippen molar-refractivity contribution in [3.63, 3.8) is 0 Å². The highest BCUT2D eigenvalue weighted by Gasteiger charge is 2.09. The van der Waals surface area contributed by atoms with Crippen molar-refractivity contribution in [3.05, 3.63) is 71.0 Å². The molecule has 0 heterocycles. The number of thioether (sulfide) groups is 1. The third-order valence-corrected chi connectivity index (χ3v) is 4.37. The lowest BCUT2D eigenvalue weighted by Gasteiger charge is -2.14. The highest BCUT2D eigenvalue weighted by atomic mass is 32.2. The van der Waals surface area contributed by atoms with Crippen molar-refractivity contribution in [2.75, 3.05) is 5.75 Å². The molecule has 1 amide bonds. The van der Waals surface area contributed by atoms with Gasteiger partial charge in [-0.25, -0.2) is 4.39 Å². The van der Waals surface area contributed by atoms with Gasteiger partial charge in [0, 0.05) is 5.75 Å². The van der Waals surface area contributed by atoms with Crippen molar-refractivity contribution in [3.8, 4) is 0 Å². The fourth-order valence-electron chi connectivity index (χ4n) is 2.06. The van der Waals surface area contributed by atoms with Crippen LogP contribution in [0.15, 0.2) is 48.5 Å². The lowest BCUT2D eigenvalue weighted by molar-refractivity contribution is -0.119. The molecule has 0 radical (unpaired) electrons. The molecule has 2 nitrogen and oxygen atoms in total. The summed E-state index contributed by atoms with van der Waals surface area (Å²) in [6, 6.07) is 14.4. The number of amides is 1. The van der Waals surface area contributed by atoms with Crippen LogP contribution in [-0.2, 0) is 10.5 Å². The van der Waals surface area contributed by atoms with Gasteiger partial charge in [0.05, 0.1) is 11.8 Å². The Kier molecular flexibility index (Phi) is 6.01. The number of aryl methyl sites for hydroxylation is 1. The van der Waals surface area contributed by atoms with Gasteiger partial charge in [-0.05, 0) is 37.1 Å². The zero-order valence-electron chi connectivity index (χ0n) is 12.8. The SMILES string of the molecule is Cc1ccc(CSCC(=O)N[C@H](C)c2ccc(F)cc2)cc1. The van der Waals surface area contributed by atoms with Crippen molar-refractivity contribution >= 4 is 17.7 Å². The van der Waals surface area contributed by atoms with Crippen LogP contribution >= 0.6 is 11.8 Å². The maximum atomic E-state index is 12.9. The van der Waals surface area contributed by atoms with Crippen molar-refractivity contribution in [2.45, 2.75) is 25.6 Å². The Morgan fingerprint density at radius 2 is 1.77 bits per heavy atom. The molecular weight excluding hydrogens is 297 g/mol. The second-order valence-electron chi connectivity index (χ2n) is 5.32. The number of benzene rings is 2. The molecular formula is C18H20FNOS. The van der Waals surface area contributed by atoms with Crippen LogP contribution in [0.4, 0.5) is 4.39 Å². The van der Waals surface area contributed by atoms with Gasteiger partial charge in [-0.2, -0.15) is 0 Å². The summed E-state index contributed by atoms with van der Waals surface area (Å²) < 4.78 is 12.9. The summed E-state index contributed by atoms with van der Waals surface area (Å²) in [6.45, 7) is 3.96. The first kappa shape index (κ1) is 16.6. The molecule has 0 aliphatic carbocycles. The standard InChI is InChI=1S/C18H20FNOS/c1-13-3-5-15(6-4-13)11-22-12-18(21)20-14(2)16-7-9-17(19)10-8-16/h3-10,14H,11-12H2,1-2H3,(H,20,21)/t14-/m1/s1. The molecule has 0 spiro atoms. The number of rotatable bonds is 6. The Balaban J connectivity index is 1.75. The van der Waals surface area contributed by atoms with Gasteiger partial charge >= 0.3 is 0 Å². The van der Waals surface area contributed by atoms with E-state index >= 15 is 0 Å². The zero-order valence-corrected chi connectivity index (χ0v) is 13.6. The molecule has 1 N–H and O–H groups in total. The van der Waals surface area contributed by atoms with E-state index in [4.69, 9.17) is 0 Å². The molecule has 2 rings (SSSR count). The lowest BCUT2D eigenvalue weighted by Crippen LogP contribution is -2.28. The average molecular weight is 317 g/mol. The zero-order chi connectivity index (χ0) is 15.9. The molecule has 4 heteroatoms. The van der Waals surface area contributed by atoms with E-state index in [-0.39, 0.29) is 17.8 Å². The van der Waals surface area contributed by atoms with Crippen LogP contribution in [0.25, 0.3) is 0 Å². The summed E-state index contributed by atoms with van der Waals surface area (Å²) in [5.74, 6) is 0.961. The number of halogens is 1. The normalized spacial score (nSPS) is 12.0. The second-order valence-corrected chi connectivity index (χ2v) is 6.30. The Morgan fingerprint density at radius 3 is 2.41 bits per heavy atom. The van der Waals surface area contributed by atoms with E-state index in [1.165, 1.54) is 23.3 Å². The van der Waals surface area contributed by atoms with Gasteiger partial charge in [0.1, 0.15) is 5.82 Å². The van der Waals surface area contributed by atoms with Crippen molar-refractivity contribution < 1.29 is 9.18 Å². The Bertz CT molecular complexity index is 610. The maximum Gasteiger partial charge on any atom is 0.230 e. The maximum absolute atomic E-state index is 12.9. The summed E-state index contributed by atoms with van der Waals surface area (Å²) in [6.07, 6.45) is 0. The Morgan fingerprint density at radius 1 is 1.14 bits per heavy atom. The molecule has 22 heavy (non-hydrogen) atoms. The number of carbonyl (C=O) groups excluding carboxylic acids is 1. The molecule has 2 aromatic rings. The van der Waals surface area contributed by atoms with Crippen molar-refractivity contribution in [2.24, 2.45) is 0 Å². The van der Waals surface area contributed by atoms with Gasteiger partial charge in [0.25, 0.3) is 0 Å². The van der Waals surface area contributed by atoms with Crippen LogP contribution in [0, 0.1) is 12.7 Å². The first-order valence-electron chi connectivity index (χ1n) is 7.22. The topological polar surface area (TPSA) is 29.1 Å². The molecule has 0 saturated heterocycles. The number of hydrogen-bond acceptors (Lipinski definition) is 2. The third-order valence-electron chi connectivity index (χ3n) is 3.37. The molecule has 0 aliphatic rings. The fourth-order valence-corrected chi connectivity index (χ4v) is 2.86. The van der Waals surface area contributed by atoms with Crippen LogP contribution in [0.2, 0.25) is 0 Å². The number of carbonyl (C=O) groups is 1. The van der Waals surface area contributed by atoms with Crippen molar-refractivity contribution in [1.82, 2.24) is 5.32 Å². The molecule has 0 fully saturated rings. The quantitative estimate of drug-likeness (QED) is 0.863. The highest BCUT2D eigenvalue weighted by molar-refractivity contribution is 7.99. The van der Waals surface area contributed by atoms with Crippen LogP contribution in [0.3, 0.4) is 0 Å². The van der Waals surface area contributed by atoms with Gasteiger partial charge < -0.3 is 5.32 Å². The summed E-state index contributed by atoms with van der Waals surface area (Å²) in [4.78, 5) is 11.9. The van der Waals surface area contributed by atoms with Crippen LogP contribution in [0.1, 0.15) is 29.7 Å². The molecule has 0 aliphatic heterocycles. The summed E-state index contributed by atoms with van der Waals surface area (Å²) >= 11 is 1.59. The highest BCUT2D eigenvalue weighted by Crippen LogP contribution is 2.15. The molecule has 0 aromatic heterocycles. The van der Waals surface area contributed by atoms with Gasteiger partial charge in [-0.1, -0.05) is 42.0 Å². The van der Waals surface area contributed by atoms with Crippen LogP contribution in [-0.4, -0.2) is 11.7 Å². The molecule has 0 unspecified atom stereocenters. The van der Waals surface area contributed by atoms with Gasteiger partial charge in [0.15, 0.2) is 0 Å². The first-order valence-corrected chi connectivity index (χ1v) is 8.38. The third kappa shape index (κ3) is 5.19. The minimum absolute atomic E-state index is 0.00561. The minimum atomic E-state index is -0.268. The molecule has 1 atom stereocenters. The lowest BCUT2D eigenvalue weighted by atomic mass is 10.1. The first-order chi connectivity index (χ1) is 10.5. The molecule has 116 valence electrons. The predicted octanol–water partition coefficient (Wildman–Crippen LogP) is 4.24. The largest absolute Gasteiger partial charge is 0.349 e. The predicted molar refractivity (Wildman–Crippen MR) is 90.3 cm³/mol. The van der Waals surface area contributed by atoms with Crippen LogP contribution in [0.5, 0.6) is 0 Å². The van der Waals surface area contributed by atoms with Gasteiger partial charge in [-0.3, -0.25) is 4.79 Å². The van der Waals surface area contributed by atoms with E-state index in [9.17, 15) is 9.18 Å². The van der Waals surface area contributed by atoms with Gasteiger partial charge in [-0.15, -0.1) is 11.8 Å². The fraction of sp³-hybridized carbons (Fsp3) is 0.278. The Hall–Kier alpha value is -1.81. The van der Waals surface area contributed by atoms with Crippen molar-refractivity contribution in [1.29, 1.82) is 0 Å². The minimum Gasteiger partial charge on any atom is -0.349 e. The van der Waals surface area contributed by atoms with E-state index in [2.05, 4.69) is 36.5 Å². The number of hydrogen-bond donors (Lipinski definition) is 1. The molecule has 2 aromatic carbocycles. The van der Waals surface area contributed by atoms with Crippen LogP contribution < -0.4 is 5.32 Å². The second kappa shape index (κ2) is 7.99. The Labute approximate surface area is 135 Å². The summed E-state index contributed by atoms with van der Waals surface area (Å²) in [5.41, 5.74) is 3.35. The molecule has 0 saturated carbocycles. The number of nitrogens with one attached hydrogen (secondary N) is 1. The van der Waals surface area contributed by atoms with E-state index < -0.39 is 0 Å². The molecule has 0 bridgehead atoms. The average Bonchev–Trinajstić information content (AvgIpc) is 2.50. The monoisotopic (exact) mass is 317 g/mol. The van der Waals surface area contributed by atoms with E-state index in [0.29, 0.717) is 5.75 Å². The van der Waals surface area contributed by atoms with E-state index in [0.717, 1.165) is 11.3 Å². The summed E-state index contributed by atoms with van der Waals surface area (Å²) in [5, 5.41) is 2.93. The smallest absolute Gasteiger partial charge is 0.230 e. The summed E-state index contributed by atoms with van der Waals surface area (Å²) in [7, 11) is 0. The van der Waals surface area contributed by atoms with E-state index in [1.54, 1.807) is 23.9 Å².